The molecule has 2 amide bonds. The number of halogens is 1. The molecule has 0 bridgehead atoms. The lowest BCUT2D eigenvalue weighted by Crippen LogP contribution is -2.51. The molecule has 0 aliphatic rings. The Bertz CT molecular complexity index is 1060. The van der Waals surface area contributed by atoms with Gasteiger partial charge in [0.2, 0.25) is 5.91 Å². The molecular weight excluding hydrogens is 435 g/mol. The van der Waals surface area contributed by atoms with Crippen molar-refractivity contribution in [2.75, 3.05) is 20.3 Å². The van der Waals surface area contributed by atoms with Gasteiger partial charge in [-0.15, -0.1) is 0 Å². The largest absolute Gasteiger partial charge is 0.497 e. The van der Waals surface area contributed by atoms with E-state index in [9.17, 15) is 14.0 Å². The highest BCUT2D eigenvalue weighted by molar-refractivity contribution is 5.88. The molecule has 6 nitrogen and oxygen atoms in total. The van der Waals surface area contributed by atoms with Crippen LogP contribution >= 0.6 is 0 Å². The third-order valence-electron chi connectivity index (χ3n) is 5.31. The summed E-state index contributed by atoms with van der Waals surface area (Å²) in [7, 11) is 1.57. The minimum atomic E-state index is -0.764. The van der Waals surface area contributed by atoms with E-state index >= 15 is 0 Å². The number of benzene rings is 3. The number of ether oxygens (including phenoxy) is 2. The van der Waals surface area contributed by atoms with Crippen molar-refractivity contribution in [1.29, 1.82) is 0 Å². The zero-order valence-corrected chi connectivity index (χ0v) is 19.4. The van der Waals surface area contributed by atoms with Gasteiger partial charge in [-0.05, 0) is 54.4 Å². The molecule has 3 rings (SSSR count). The molecule has 0 aliphatic heterocycles. The van der Waals surface area contributed by atoms with E-state index < -0.39 is 6.04 Å². The van der Waals surface area contributed by atoms with Gasteiger partial charge in [0.15, 0.2) is 6.61 Å². The summed E-state index contributed by atoms with van der Waals surface area (Å²) in [4.78, 5) is 27.9. The topological polar surface area (TPSA) is 67.9 Å². The van der Waals surface area contributed by atoms with Crippen molar-refractivity contribution in [3.05, 3.63) is 95.8 Å². The van der Waals surface area contributed by atoms with Crippen LogP contribution in [0.1, 0.15) is 18.1 Å². The first-order valence-electron chi connectivity index (χ1n) is 11.1. The molecule has 0 unspecified atom stereocenters. The standard InChI is InChI=1S/C27H29FN2O4/c1-3-29-27(32)25(17-20-7-5-4-6-8-20)30(18-21-9-11-22(28)12-10-21)26(31)19-34-24-15-13-23(33-2)14-16-24/h4-16,25H,3,17-19H2,1-2H3,(H,29,32)/t25-/m0/s1. The molecule has 3 aromatic rings. The summed E-state index contributed by atoms with van der Waals surface area (Å²) in [6, 6.07) is 21.5. The second-order valence-corrected chi connectivity index (χ2v) is 7.71. The average molecular weight is 465 g/mol. The lowest BCUT2D eigenvalue weighted by atomic mass is 10.0. The van der Waals surface area contributed by atoms with Gasteiger partial charge in [-0.25, -0.2) is 4.39 Å². The Balaban J connectivity index is 1.85. The highest BCUT2D eigenvalue weighted by Gasteiger charge is 2.30. The van der Waals surface area contributed by atoms with Crippen molar-refractivity contribution in [2.24, 2.45) is 0 Å². The number of hydrogen-bond acceptors (Lipinski definition) is 4. The Morgan fingerprint density at radius 1 is 0.912 bits per heavy atom. The molecule has 1 N–H and O–H groups in total. The van der Waals surface area contributed by atoms with Crippen molar-refractivity contribution in [3.8, 4) is 11.5 Å². The summed E-state index contributed by atoms with van der Waals surface area (Å²) in [6.45, 7) is 2.15. The monoisotopic (exact) mass is 464 g/mol. The number of methoxy groups -OCH3 is 1. The molecule has 0 aromatic heterocycles. The molecular formula is C27H29FN2O4. The van der Waals surface area contributed by atoms with E-state index in [0.717, 1.165) is 5.56 Å². The molecule has 0 heterocycles. The fraction of sp³-hybridized carbons (Fsp3) is 0.259. The quantitative estimate of drug-likeness (QED) is 0.466. The molecule has 178 valence electrons. The molecule has 0 fully saturated rings. The zero-order chi connectivity index (χ0) is 24.3. The summed E-state index contributed by atoms with van der Waals surface area (Å²) in [5, 5.41) is 2.84. The molecule has 34 heavy (non-hydrogen) atoms. The van der Waals surface area contributed by atoms with Crippen LogP contribution in [0.2, 0.25) is 0 Å². The second kappa shape index (κ2) is 12.4. The van der Waals surface area contributed by atoms with Crippen LogP contribution in [-0.2, 0) is 22.6 Å². The highest BCUT2D eigenvalue weighted by Crippen LogP contribution is 2.19. The molecule has 1 atom stereocenters. The molecule has 0 radical (unpaired) electrons. The van der Waals surface area contributed by atoms with Crippen LogP contribution in [-0.4, -0.2) is 43.0 Å². The fourth-order valence-corrected chi connectivity index (χ4v) is 3.53. The van der Waals surface area contributed by atoms with Gasteiger partial charge >= 0.3 is 0 Å². The first-order chi connectivity index (χ1) is 16.5. The predicted octanol–water partition coefficient (Wildman–Crippen LogP) is 3.99. The first kappa shape index (κ1) is 24.8. The lowest BCUT2D eigenvalue weighted by molar-refractivity contribution is -0.142. The van der Waals surface area contributed by atoms with Gasteiger partial charge in [-0.3, -0.25) is 9.59 Å². The van der Waals surface area contributed by atoms with Crippen molar-refractivity contribution >= 4 is 11.8 Å². The smallest absolute Gasteiger partial charge is 0.261 e. The average Bonchev–Trinajstić information content (AvgIpc) is 2.87. The van der Waals surface area contributed by atoms with Crippen molar-refractivity contribution in [1.82, 2.24) is 10.2 Å². The molecule has 0 aliphatic carbocycles. The minimum Gasteiger partial charge on any atom is -0.497 e. The van der Waals surface area contributed by atoms with E-state index in [1.54, 1.807) is 43.5 Å². The van der Waals surface area contributed by atoms with Gasteiger partial charge in [0.05, 0.1) is 7.11 Å². The summed E-state index contributed by atoms with van der Waals surface area (Å²) in [5.41, 5.74) is 1.63. The number of carbonyl (C=O) groups excluding carboxylic acids is 2. The molecule has 0 saturated heterocycles. The number of nitrogens with zero attached hydrogens (tertiary/aromatic N) is 1. The number of carbonyl (C=O) groups is 2. The summed E-state index contributed by atoms with van der Waals surface area (Å²) >= 11 is 0. The number of likely N-dealkylation sites (N-methyl/N-ethyl adjacent to an activating group) is 1. The number of hydrogen-bond donors (Lipinski definition) is 1. The normalized spacial score (nSPS) is 11.4. The first-order valence-corrected chi connectivity index (χ1v) is 11.1. The van der Waals surface area contributed by atoms with Crippen molar-refractivity contribution in [2.45, 2.75) is 25.9 Å². The van der Waals surface area contributed by atoms with Crippen LogP contribution < -0.4 is 14.8 Å². The van der Waals surface area contributed by atoms with Crippen molar-refractivity contribution < 1.29 is 23.5 Å². The van der Waals surface area contributed by atoms with E-state index in [0.29, 0.717) is 30.0 Å². The number of nitrogens with one attached hydrogen (secondary N) is 1. The van der Waals surface area contributed by atoms with E-state index in [2.05, 4.69) is 5.32 Å². The Labute approximate surface area is 199 Å². The third kappa shape index (κ3) is 7.07. The number of rotatable bonds is 11. The Hall–Kier alpha value is -3.87. The Kier molecular flexibility index (Phi) is 9.03. The zero-order valence-electron chi connectivity index (χ0n) is 19.4. The van der Waals surface area contributed by atoms with Crippen LogP contribution in [0.4, 0.5) is 4.39 Å². The summed E-state index contributed by atoms with van der Waals surface area (Å²) < 4.78 is 24.3. The van der Waals surface area contributed by atoms with Crippen LogP contribution in [0, 0.1) is 5.82 Å². The Morgan fingerprint density at radius 2 is 1.56 bits per heavy atom. The minimum absolute atomic E-state index is 0.139. The maximum absolute atomic E-state index is 13.4. The number of amides is 2. The van der Waals surface area contributed by atoms with E-state index in [1.807, 2.05) is 37.3 Å². The van der Waals surface area contributed by atoms with Crippen molar-refractivity contribution in [3.63, 3.8) is 0 Å². The van der Waals surface area contributed by atoms with E-state index in [1.165, 1.54) is 17.0 Å². The Morgan fingerprint density at radius 3 is 2.18 bits per heavy atom. The van der Waals surface area contributed by atoms with E-state index in [4.69, 9.17) is 9.47 Å². The van der Waals surface area contributed by atoms with Gasteiger partial charge in [0.1, 0.15) is 23.4 Å². The maximum atomic E-state index is 13.4. The highest BCUT2D eigenvalue weighted by atomic mass is 19.1. The molecule has 0 spiro atoms. The summed E-state index contributed by atoms with van der Waals surface area (Å²) in [5.74, 6) is 0.205. The van der Waals surface area contributed by atoms with Gasteiger partial charge in [-0.2, -0.15) is 0 Å². The second-order valence-electron chi connectivity index (χ2n) is 7.71. The summed E-state index contributed by atoms with van der Waals surface area (Å²) in [6.07, 6.45) is 0.335. The van der Waals surface area contributed by atoms with Gasteiger partial charge in [0.25, 0.3) is 5.91 Å². The SMILES string of the molecule is CCNC(=O)[C@H](Cc1ccccc1)N(Cc1ccc(F)cc1)C(=O)COc1ccc(OC)cc1. The fourth-order valence-electron chi connectivity index (χ4n) is 3.53. The van der Waals surface area contributed by atoms with Gasteiger partial charge < -0.3 is 19.7 Å². The van der Waals surface area contributed by atoms with Crippen LogP contribution in [0.3, 0.4) is 0 Å². The third-order valence-corrected chi connectivity index (χ3v) is 5.31. The maximum Gasteiger partial charge on any atom is 0.261 e. The predicted molar refractivity (Wildman–Crippen MR) is 128 cm³/mol. The lowest BCUT2D eigenvalue weighted by Gasteiger charge is -2.31. The van der Waals surface area contributed by atoms with E-state index in [-0.39, 0.29) is 30.8 Å². The van der Waals surface area contributed by atoms with Crippen LogP contribution in [0.25, 0.3) is 0 Å². The van der Waals surface area contributed by atoms with Crippen LogP contribution in [0.5, 0.6) is 11.5 Å². The molecule has 7 heteroatoms. The molecule has 3 aromatic carbocycles. The molecule has 0 saturated carbocycles. The van der Waals surface area contributed by atoms with Gasteiger partial charge in [0, 0.05) is 19.5 Å². The van der Waals surface area contributed by atoms with Crippen LogP contribution in [0.15, 0.2) is 78.9 Å². The van der Waals surface area contributed by atoms with Gasteiger partial charge in [-0.1, -0.05) is 42.5 Å².